The number of nitrogens with zero attached hydrogens (tertiary/aromatic N) is 2. The number of nitrogens with two attached hydrogens (primary N) is 1. The Morgan fingerprint density at radius 2 is 2.22 bits per heavy atom. The summed E-state index contributed by atoms with van der Waals surface area (Å²) in [4.78, 5) is 18.2. The highest BCUT2D eigenvalue weighted by molar-refractivity contribution is 5.76. The van der Waals surface area contributed by atoms with Gasteiger partial charge < -0.3 is 19.8 Å². The molecule has 3 rings (SSSR count). The van der Waals surface area contributed by atoms with Gasteiger partial charge in [-0.25, -0.2) is 4.98 Å². The van der Waals surface area contributed by atoms with Crippen LogP contribution in [0.1, 0.15) is 18.7 Å². The van der Waals surface area contributed by atoms with Crippen molar-refractivity contribution in [3.63, 3.8) is 0 Å². The Morgan fingerprint density at radius 3 is 2.87 bits per heavy atom. The van der Waals surface area contributed by atoms with Gasteiger partial charge in [-0.05, 0) is 30.7 Å². The molecule has 122 valence electrons. The van der Waals surface area contributed by atoms with Gasteiger partial charge in [0, 0.05) is 37.5 Å². The zero-order chi connectivity index (χ0) is 16.2. The lowest BCUT2D eigenvalue weighted by Gasteiger charge is -2.14. The first-order chi connectivity index (χ1) is 11.2. The number of hydrogen-bond acceptors (Lipinski definition) is 5. The maximum Gasteiger partial charge on any atom is 0.223 e. The number of likely N-dealkylation sites (tertiary alicyclic amines) is 1. The van der Waals surface area contributed by atoms with Crippen LogP contribution in [0.3, 0.4) is 0 Å². The Kier molecular flexibility index (Phi) is 4.62. The molecule has 2 aromatic rings. The van der Waals surface area contributed by atoms with Crippen molar-refractivity contribution in [3.05, 3.63) is 36.4 Å². The second kappa shape index (κ2) is 6.83. The second-order valence-electron chi connectivity index (χ2n) is 5.74. The van der Waals surface area contributed by atoms with Gasteiger partial charge in [0.15, 0.2) is 11.7 Å². The van der Waals surface area contributed by atoms with Crippen molar-refractivity contribution in [3.8, 4) is 17.1 Å². The number of aryl methyl sites for hydroxylation is 1. The smallest absolute Gasteiger partial charge is 0.223 e. The van der Waals surface area contributed by atoms with E-state index in [1.807, 2.05) is 29.2 Å². The predicted molar refractivity (Wildman–Crippen MR) is 86.0 cm³/mol. The highest BCUT2D eigenvalue weighted by Gasteiger charge is 2.23. The van der Waals surface area contributed by atoms with E-state index in [0.717, 1.165) is 24.3 Å². The summed E-state index contributed by atoms with van der Waals surface area (Å²) < 4.78 is 10.9. The molecule has 6 nitrogen and oxygen atoms in total. The van der Waals surface area contributed by atoms with Crippen LogP contribution in [0.4, 0.5) is 0 Å². The van der Waals surface area contributed by atoms with E-state index >= 15 is 0 Å². The van der Waals surface area contributed by atoms with Crippen LogP contribution in [0.15, 0.2) is 34.9 Å². The summed E-state index contributed by atoms with van der Waals surface area (Å²) in [5.41, 5.74) is 6.76. The lowest BCUT2D eigenvalue weighted by molar-refractivity contribution is -0.130. The molecule has 0 radical (unpaired) electrons. The molecule has 2 heterocycles. The summed E-state index contributed by atoms with van der Waals surface area (Å²) in [6.45, 7) is 1.41. The highest BCUT2D eigenvalue weighted by Crippen LogP contribution is 2.23. The van der Waals surface area contributed by atoms with Crippen LogP contribution >= 0.6 is 0 Å². The molecule has 2 N–H and O–H groups in total. The number of ether oxygens (including phenoxy) is 1. The third-order valence-electron chi connectivity index (χ3n) is 4.06. The van der Waals surface area contributed by atoms with Crippen molar-refractivity contribution in [2.24, 2.45) is 5.73 Å². The van der Waals surface area contributed by atoms with Crippen molar-refractivity contribution < 1.29 is 13.9 Å². The first-order valence-electron chi connectivity index (χ1n) is 7.78. The van der Waals surface area contributed by atoms with Crippen LogP contribution in [-0.4, -0.2) is 42.0 Å². The van der Waals surface area contributed by atoms with Crippen molar-refractivity contribution in [1.82, 2.24) is 9.88 Å². The number of methoxy groups -OCH3 is 1. The molecule has 0 bridgehead atoms. The Hall–Kier alpha value is -2.34. The van der Waals surface area contributed by atoms with Crippen LogP contribution in [0, 0.1) is 0 Å². The van der Waals surface area contributed by atoms with Crippen LogP contribution < -0.4 is 10.5 Å². The van der Waals surface area contributed by atoms with Crippen LogP contribution in [0.25, 0.3) is 11.3 Å². The van der Waals surface area contributed by atoms with Crippen molar-refractivity contribution in [1.29, 1.82) is 0 Å². The van der Waals surface area contributed by atoms with E-state index in [9.17, 15) is 4.79 Å². The molecule has 1 aliphatic rings. The summed E-state index contributed by atoms with van der Waals surface area (Å²) >= 11 is 0. The van der Waals surface area contributed by atoms with Gasteiger partial charge in [-0.3, -0.25) is 4.79 Å². The normalized spacial score (nSPS) is 17.5. The fraction of sp³-hybridized carbons (Fsp3) is 0.412. The van der Waals surface area contributed by atoms with E-state index in [1.54, 1.807) is 13.3 Å². The molecule has 0 aliphatic carbocycles. The van der Waals surface area contributed by atoms with Crippen LogP contribution in [0.2, 0.25) is 0 Å². The molecule has 23 heavy (non-hydrogen) atoms. The minimum Gasteiger partial charge on any atom is -0.497 e. The summed E-state index contributed by atoms with van der Waals surface area (Å²) in [7, 11) is 1.63. The molecule has 1 atom stereocenters. The number of amides is 1. The minimum absolute atomic E-state index is 0.113. The number of aromatic nitrogens is 1. The Morgan fingerprint density at radius 1 is 1.43 bits per heavy atom. The molecule has 1 saturated heterocycles. The monoisotopic (exact) mass is 315 g/mol. The first-order valence-corrected chi connectivity index (χ1v) is 7.78. The molecule has 1 fully saturated rings. The molecule has 0 saturated carbocycles. The third kappa shape index (κ3) is 3.71. The number of oxazole rings is 1. The molecule has 1 amide bonds. The minimum atomic E-state index is 0.113. The summed E-state index contributed by atoms with van der Waals surface area (Å²) in [5, 5.41) is 0. The van der Waals surface area contributed by atoms with E-state index in [0.29, 0.717) is 31.0 Å². The van der Waals surface area contributed by atoms with Gasteiger partial charge in [0.2, 0.25) is 5.91 Å². The van der Waals surface area contributed by atoms with Gasteiger partial charge in [0.05, 0.1) is 13.3 Å². The van der Waals surface area contributed by atoms with Gasteiger partial charge in [0.25, 0.3) is 0 Å². The zero-order valence-corrected chi connectivity index (χ0v) is 13.2. The average Bonchev–Trinajstić information content (AvgIpc) is 3.22. The maximum atomic E-state index is 12.1. The Bertz CT molecular complexity index is 666. The molecular weight excluding hydrogens is 294 g/mol. The van der Waals surface area contributed by atoms with Gasteiger partial charge >= 0.3 is 0 Å². The van der Waals surface area contributed by atoms with Gasteiger partial charge in [0.1, 0.15) is 5.75 Å². The van der Waals surface area contributed by atoms with E-state index < -0.39 is 0 Å². The number of carbonyl (C=O) groups excluding carboxylic acids is 1. The van der Waals surface area contributed by atoms with Gasteiger partial charge in [-0.1, -0.05) is 0 Å². The molecule has 0 spiro atoms. The van der Waals surface area contributed by atoms with Crippen LogP contribution in [-0.2, 0) is 11.2 Å². The lowest BCUT2D eigenvalue weighted by Crippen LogP contribution is -2.31. The van der Waals surface area contributed by atoms with E-state index in [2.05, 4.69) is 4.98 Å². The largest absolute Gasteiger partial charge is 0.497 e. The molecule has 1 aliphatic heterocycles. The number of rotatable bonds is 5. The number of carbonyl (C=O) groups is 1. The third-order valence-corrected chi connectivity index (χ3v) is 4.06. The first kappa shape index (κ1) is 15.6. The van der Waals surface area contributed by atoms with E-state index in [1.165, 1.54) is 0 Å². The quantitative estimate of drug-likeness (QED) is 0.910. The Labute approximate surface area is 135 Å². The van der Waals surface area contributed by atoms with E-state index in [-0.39, 0.29) is 11.9 Å². The van der Waals surface area contributed by atoms with Crippen molar-refractivity contribution in [2.45, 2.75) is 25.3 Å². The molecular formula is C17H21N3O3. The summed E-state index contributed by atoms with van der Waals surface area (Å²) in [6, 6.07) is 7.69. The maximum absolute atomic E-state index is 12.1. The van der Waals surface area contributed by atoms with Crippen molar-refractivity contribution in [2.75, 3.05) is 20.2 Å². The fourth-order valence-electron chi connectivity index (χ4n) is 2.70. The summed E-state index contributed by atoms with van der Waals surface area (Å²) in [5.74, 6) is 2.18. The molecule has 1 aromatic carbocycles. The molecule has 6 heteroatoms. The number of benzene rings is 1. The van der Waals surface area contributed by atoms with E-state index in [4.69, 9.17) is 14.9 Å². The number of hydrogen-bond donors (Lipinski definition) is 1. The van der Waals surface area contributed by atoms with Gasteiger partial charge in [-0.2, -0.15) is 0 Å². The standard InChI is InChI=1S/C17H21N3O3/c1-22-14-4-2-12(3-5-14)15-10-19-16(23-15)6-7-17(21)20-9-8-13(18)11-20/h2-5,10,13H,6-9,11,18H2,1H3/t13-/m0/s1. The predicted octanol–water partition coefficient (Wildman–Crippen LogP) is 1.84. The molecule has 0 unspecified atom stereocenters. The Balaban J connectivity index is 1.57. The fourth-order valence-corrected chi connectivity index (χ4v) is 2.70. The highest BCUT2D eigenvalue weighted by atomic mass is 16.5. The SMILES string of the molecule is COc1ccc(-c2cnc(CCC(=O)N3CC[C@H](N)C3)o2)cc1. The second-order valence-corrected chi connectivity index (χ2v) is 5.74. The summed E-state index contributed by atoms with van der Waals surface area (Å²) in [6.07, 6.45) is 3.47. The van der Waals surface area contributed by atoms with Crippen molar-refractivity contribution >= 4 is 5.91 Å². The lowest BCUT2D eigenvalue weighted by atomic mass is 10.2. The molecule has 1 aromatic heterocycles. The zero-order valence-electron chi connectivity index (χ0n) is 13.2. The average molecular weight is 315 g/mol. The van der Waals surface area contributed by atoms with Crippen LogP contribution in [0.5, 0.6) is 5.75 Å². The topological polar surface area (TPSA) is 81.6 Å². The van der Waals surface area contributed by atoms with Gasteiger partial charge in [-0.15, -0.1) is 0 Å².